The first-order valence-corrected chi connectivity index (χ1v) is 9.77. The monoisotopic (exact) mass is 398 g/mol. The third-order valence-corrected chi connectivity index (χ3v) is 4.95. The van der Waals surface area contributed by atoms with Crippen molar-refractivity contribution >= 4 is 34.1 Å². The molecule has 3 N–H and O–H groups in total. The molecule has 0 spiro atoms. The number of hydrogen-bond acceptors (Lipinski definition) is 4. The van der Waals surface area contributed by atoms with Gasteiger partial charge in [-0.1, -0.05) is 18.2 Å². The minimum Gasteiger partial charge on any atom is -0.370 e. The summed E-state index contributed by atoms with van der Waals surface area (Å²) in [6.07, 6.45) is 4.45. The highest BCUT2D eigenvalue weighted by Gasteiger charge is 2.08. The molecule has 0 saturated carbocycles. The molecule has 1 amide bonds. The van der Waals surface area contributed by atoms with Crippen LogP contribution in [-0.2, 0) is 6.42 Å². The van der Waals surface area contributed by atoms with Crippen LogP contribution >= 0.6 is 0 Å². The van der Waals surface area contributed by atoms with Gasteiger partial charge in [0.15, 0.2) is 5.78 Å². The van der Waals surface area contributed by atoms with Crippen LogP contribution in [0.15, 0.2) is 73.1 Å². The van der Waals surface area contributed by atoms with Gasteiger partial charge in [-0.3, -0.25) is 9.59 Å². The van der Waals surface area contributed by atoms with Crippen molar-refractivity contribution in [3.63, 3.8) is 0 Å². The summed E-state index contributed by atoms with van der Waals surface area (Å²) in [5.74, 6) is 0.463. The molecule has 0 aliphatic rings. The Kier molecular flexibility index (Phi) is 5.57. The number of fused-ring (bicyclic) bond motifs is 1. The number of rotatable bonds is 7. The van der Waals surface area contributed by atoms with Gasteiger partial charge in [-0.05, 0) is 61.4 Å². The van der Waals surface area contributed by atoms with Crippen LogP contribution in [0.2, 0.25) is 0 Å². The van der Waals surface area contributed by atoms with Gasteiger partial charge in [0.25, 0.3) is 5.91 Å². The Morgan fingerprint density at radius 1 is 0.967 bits per heavy atom. The molecule has 0 aliphatic heterocycles. The van der Waals surface area contributed by atoms with Crippen LogP contribution in [0.3, 0.4) is 0 Å². The van der Waals surface area contributed by atoms with Crippen LogP contribution in [-0.4, -0.2) is 28.2 Å². The van der Waals surface area contributed by atoms with Crippen molar-refractivity contribution in [3.05, 3.63) is 89.7 Å². The number of benzene rings is 2. The molecule has 2 heterocycles. The number of Topliss-reactive ketones (excluding diaryl/α,β-unsaturated/α-hetero) is 1. The van der Waals surface area contributed by atoms with E-state index in [0.717, 1.165) is 24.3 Å². The van der Waals surface area contributed by atoms with E-state index in [1.807, 2.05) is 18.3 Å². The Hall–Kier alpha value is -3.93. The first-order chi connectivity index (χ1) is 14.6. The topological polar surface area (TPSA) is 86.9 Å². The van der Waals surface area contributed by atoms with Crippen molar-refractivity contribution in [3.8, 4) is 0 Å². The average molecular weight is 398 g/mol. The smallest absolute Gasteiger partial charge is 0.257 e. The predicted molar refractivity (Wildman–Crippen MR) is 119 cm³/mol. The second-order valence-corrected chi connectivity index (χ2v) is 7.06. The van der Waals surface area contributed by atoms with Crippen molar-refractivity contribution in [2.24, 2.45) is 0 Å². The molecular formula is C24H22N4O2. The van der Waals surface area contributed by atoms with Crippen molar-refractivity contribution in [1.82, 2.24) is 9.97 Å². The minimum atomic E-state index is -0.247. The van der Waals surface area contributed by atoms with Gasteiger partial charge in [0.05, 0.1) is 5.56 Å². The number of pyridine rings is 1. The van der Waals surface area contributed by atoms with E-state index >= 15 is 0 Å². The number of carbonyl (C=O) groups excluding carboxylic acids is 2. The number of anilines is 2. The molecule has 30 heavy (non-hydrogen) atoms. The Labute approximate surface area is 174 Å². The van der Waals surface area contributed by atoms with Crippen LogP contribution in [0.25, 0.3) is 10.9 Å². The summed E-state index contributed by atoms with van der Waals surface area (Å²) in [4.78, 5) is 31.3. The van der Waals surface area contributed by atoms with Crippen molar-refractivity contribution in [2.45, 2.75) is 13.3 Å². The molecule has 0 fully saturated rings. The summed E-state index contributed by atoms with van der Waals surface area (Å²) in [7, 11) is 0. The third kappa shape index (κ3) is 4.38. The number of ketones is 1. The molecule has 0 radical (unpaired) electrons. The van der Waals surface area contributed by atoms with Crippen molar-refractivity contribution in [1.29, 1.82) is 0 Å². The lowest BCUT2D eigenvalue weighted by Crippen LogP contribution is -2.13. The van der Waals surface area contributed by atoms with Crippen molar-refractivity contribution < 1.29 is 9.59 Å². The lowest BCUT2D eigenvalue weighted by atomic mass is 10.1. The summed E-state index contributed by atoms with van der Waals surface area (Å²) in [5, 5.41) is 7.33. The zero-order valence-corrected chi connectivity index (χ0v) is 16.6. The summed E-state index contributed by atoms with van der Waals surface area (Å²) < 4.78 is 0. The van der Waals surface area contributed by atoms with E-state index in [9.17, 15) is 9.59 Å². The Bertz CT molecular complexity index is 1180. The molecular weight excluding hydrogens is 376 g/mol. The highest BCUT2D eigenvalue weighted by atomic mass is 16.1. The number of hydrogen-bond donors (Lipinski definition) is 3. The quantitative estimate of drug-likeness (QED) is 0.395. The fraction of sp³-hybridized carbons (Fsp3) is 0.125. The maximum absolute atomic E-state index is 12.4. The van der Waals surface area contributed by atoms with E-state index in [-0.39, 0.29) is 11.7 Å². The lowest BCUT2D eigenvalue weighted by Gasteiger charge is -2.08. The van der Waals surface area contributed by atoms with E-state index in [1.165, 1.54) is 17.9 Å². The number of aromatic amines is 1. The molecule has 0 bridgehead atoms. The van der Waals surface area contributed by atoms with Gasteiger partial charge in [-0.25, -0.2) is 4.98 Å². The number of aromatic nitrogens is 2. The van der Waals surface area contributed by atoms with Gasteiger partial charge < -0.3 is 15.6 Å². The molecule has 0 saturated heterocycles. The van der Waals surface area contributed by atoms with Gasteiger partial charge >= 0.3 is 0 Å². The number of nitrogens with one attached hydrogen (secondary N) is 3. The molecule has 6 nitrogen and oxygen atoms in total. The standard InChI is InChI=1S/C24H22N4O2/c1-16(29)17-6-9-20(10-7-17)28-24(30)19-8-11-23(27-15-19)25-13-12-18-14-26-22-5-3-2-4-21(18)22/h2-11,14-15,26H,12-13H2,1H3,(H,25,27)(H,28,30). The number of amides is 1. The summed E-state index contributed by atoms with van der Waals surface area (Å²) in [6, 6.07) is 18.6. The second kappa shape index (κ2) is 8.61. The van der Waals surface area contributed by atoms with E-state index in [4.69, 9.17) is 0 Å². The number of carbonyl (C=O) groups is 2. The molecule has 2 aromatic carbocycles. The molecule has 2 aromatic heterocycles. The van der Waals surface area contributed by atoms with Gasteiger partial charge in [0.1, 0.15) is 5.82 Å². The van der Waals surface area contributed by atoms with Gasteiger partial charge in [0.2, 0.25) is 0 Å². The first kappa shape index (κ1) is 19.4. The minimum absolute atomic E-state index is 0.00939. The Morgan fingerprint density at radius 3 is 2.47 bits per heavy atom. The van der Waals surface area contributed by atoms with Gasteiger partial charge in [-0.2, -0.15) is 0 Å². The molecule has 4 aromatic rings. The number of para-hydroxylation sites is 1. The fourth-order valence-corrected chi connectivity index (χ4v) is 3.29. The third-order valence-electron chi connectivity index (χ3n) is 4.95. The van der Waals surface area contributed by atoms with Crippen LogP contribution in [0.5, 0.6) is 0 Å². The number of H-pyrrole nitrogens is 1. The Balaban J connectivity index is 1.32. The predicted octanol–water partition coefficient (Wildman–Crippen LogP) is 4.67. The maximum atomic E-state index is 12.4. The summed E-state index contributed by atoms with van der Waals surface area (Å²) >= 11 is 0. The highest BCUT2D eigenvalue weighted by Crippen LogP contribution is 2.18. The Morgan fingerprint density at radius 2 is 1.73 bits per heavy atom. The number of nitrogens with zero attached hydrogens (tertiary/aromatic N) is 1. The normalized spacial score (nSPS) is 10.7. The van der Waals surface area contributed by atoms with Crippen LogP contribution < -0.4 is 10.6 Å². The first-order valence-electron chi connectivity index (χ1n) is 9.77. The SMILES string of the molecule is CC(=O)c1ccc(NC(=O)c2ccc(NCCc3c[nH]c4ccccc34)nc2)cc1. The van der Waals surface area contributed by atoms with E-state index in [2.05, 4.69) is 32.7 Å². The molecule has 4 rings (SSSR count). The largest absolute Gasteiger partial charge is 0.370 e. The fourth-order valence-electron chi connectivity index (χ4n) is 3.29. The molecule has 150 valence electrons. The van der Waals surface area contributed by atoms with E-state index < -0.39 is 0 Å². The van der Waals surface area contributed by atoms with Crippen LogP contribution in [0.4, 0.5) is 11.5 Å². The van der Waals surface area contributed by atoms with Gasteiger partial charge in [-0.15, -0.1) is 0 Å². The summed E-state index contributed by atoms with van der Waals surface area (Å²) in [5.41, 5.74) is 4.10. The zero-order chi connectivity index (χ0) is 20.9. The zero-order valence-electron chi connectivity index (χ0n) is 16.6. The molecule has 6 heteroatoms. The van der Waals surface area contributed by atoms with Crippen LogP contribution in [0.1, 0.15) is 33.2 Å². The van der Waals surface area contributed by atoms with E-state index in [1.54, 1.807) is 42.6 Å². The average Bonchev–Trinajstić information content (AvgIpc) is 3.18. The highest BCUT2D eigenvalue weighted by molar-refractivity contribution is 6.04. The maximum Gasteiger partial charge on any atom is 0.257 e. The van der Waals surface area contributed by atoms with Crippen LogP contribution in [0, 0.1) is 0 Å². The lowest BCUT2D eigenvalue weighted by molar-refractivity contribution is 0.101. The van der Waals surface area contributed by atoms with E-state index in [0.29, 0.717) is 16.8 Å². The summed E-state index contributed by atoms with van der Waals surface area (Å²) in [6.45, 7) is 2.25. The molecule has 0 atom stereocenters. The van der Waals surface area contributed by atoms with Crippen molar-refractivity contribution in [2.75, 3.05) is 17.2 Å². The second-order valence-electron chi connectivity index (χ2n) is 7.06. The molecule has 0 unspecified atom stereocenters. The van der Waals surface area contributed by atoms with Gasteiger partial charge in [0, 0.05) is 41.1 Å². The molecule has 0 aliphatic carbocycles.